The minimum absolute atomic E-state index is 1.08. The van der Waals surface area contributed by atoms with Crippen LogP contribution in [0.4, 0.5) is 0 Å². The molecule has 0 bridgehead atoms. The van der Waals surface area contributed by atoms with Crippen LogP contribution in [0.5, 0.6) is 0 Å². The summed E-state index contributed by atoms with van der Waals surface area (Å²) in [5.74, 6) is 0. The molecule has 25 heavy (non-hydrogen) atoms. The summed E-state index contributed by atoms with van der Waals surface area (Å²) in [6.45, 7) is 5.62. The Bertz CT molecular complexity index is 874. The van der Waals surface area contributed by atoms with Crippen LogP contribution in [0.2, 0.25) is 0 Å². The molecule has 1 aliphatic heterocycles. The number of nitrogens with one attached hydrogen (secondary N) is 1. The molecule has 0 atom stereocenters. The third-order valence-electron chi connectivity index (χ3n) is 5.26. The van der Waals surface area contributed by atoms with E-state index < -0.39 is 0 Å². The minimum Gasteiger partial charge on any atom is -0.361 e. The van der Waals surface area contributed by atoms with Crippen LogP contribution in [0.25, 0.3) is 16.5 Å². The number of nitrogens with zero attached hydrogens (tertiary/aromatic N) is 1. The fourth-order valence-electron chi connectivity index (χ4n) is 3.93. The molecule has 0 fully saturated rings. The first-order valence-electron chi connectivity index (χ1n) is 9.33. The first kappa shape index (κ1) is 16.2. The maximum Gasteiger partial charge on any atom is 0.0459 e. The van der Waals surface area contributed by atoms with Crippen molar-refractivity contribution in [1.29, 1.82) is 0 Å². The molecule has 2 heterocycles. The van der Waals surface area contributed by atoms with Gasteiger partial charge >= 0.3 is 0 Å². The highest BCUT2D eigenvalue weighted by Crippen LogP contribution is 2.23. The summed E-state index contributed by atoms with van der Waals surface area (Å²) in [6, 6.07) is 17.6. The third-order valence-corrected chi connectivity index (χ3v) is 5.26. The van der Waals surface area contributed by atoms with Gasteiger partial charge in [0.1, 0.15) is 0 Å². The minimum atomic E-state index is 1.08. The average Bonchev–Trinajstić information content (AvgIpc) is 3.11. The van der Waals surface area contributed by atoms with Crippen LogP contribution in [0.15, 0.2) is 60.8 Å². The number of fused-ring (bicyclic) bond motifs is 1. The van der Waals surface area contributed by atoms with Gasteiger partial charge in [-0.05, 0) is 67.1 Å². The SMILES string of the molecule is Cc1cc(CCCN2CC=C(c3ccccc3)CC2)c2cc[nH]c2c1. The number of hydrogen-bond acceptors (Lipinski definition) is 1. The lowest BCUT2D eigenvalue weighted by Crippen LogP contribution is -2.29. The Balaban J connectivity index is 1.34. The molecule has 0 amide bonds. The number of aromatic amines is 1. The number of rotatable bonds is 5. The Labute approximate surface area is 150 Å². The van der Waals surface area contributed by atoms with Gasteiger partial charge in [0.25, 0.3) is 0 Å². The maximum absolute atomic E-state index is 3.34. The van der Waals surface area contributed by atoms with E-state index in [-0.39, 0.29) is 0 Å². The van der Waals surface area contributed by atoms with Gasteiger partial charge in [-0.3, -0.25) is 4.90 Å². The topological polar surface area (TPSA) is 19.0 Å². The normalized spacial score (nSPS) is 15.5. The van der Waals surface area contributed by atoms with Crippen LogP contribution < -0.4 is 0 Å². The van der Waals surface area contributed by atoms with E-state index in [4.69, 9.17) is 0 Å². The number of benzene rings is 2. The number of aryl methyl sites for hydroxylation is 2. The van der Waals surface area contributed by atoms with E-state index >= 15 is 0 Å². The first-order valence-corrected chi connectivity index (χ1v) is 9.33. The van der Waals surface area contributed by atoms with E-state index in [1.54, 1.807) is 0 Å². The van der Waals surface area contributed by atoms with E-state index in [0.717, 1.165) is 19.4 Å². The molecule has 128 valence electrons. The second kappa shape index (κ2) is 7.28. The molecule has 0 saturated carbocycles. The Kier molecular flexibility index (Phi) is 4.71. The molecule has 4 rings (SSSR count). The summed E-state index contributed by atoms with van der Waals surface area (Å²) in [5.41, 5.74) is 6.98. The molecule has 2 nitrogen and oxygen atoms in total. The van der Waals surface area contributed by atoms with Gasteiger partial charge in [-0.15, -0.1) is 0 Å². The van der Waals surface area contributed by atoms with Gasteiger partial charge in [-0.2, -0.15) is 0 Å². The summed E-state index contributed by atoms with van der Waals surface area (Å²) >= 11 is 0. The highest BCUT2D eigenvalue weighted by molar-refractivity contribution is 5.83. The van der Waals surface area contributed by atoms with Crippen molar-refractivity contribution < 1.29 is 0 Å². The number of aromatic nitrogens is 1. The Morgan fingerprint density at radius 1 is 1.08 bits per heavy atom. The van der Waals surface area contributed by atoms with Crippen molar-refractivity contribution in [1.82, 2.24) is 9.88 Å². The zero-order valence-corrected chi connectivity index (χ0v) is 15.0. The van der Waals surface area contributed by atoms with Crippen molar-refractivity contribution in [2.75, 3.05) is 19.6 Å². The van der Waals surface area contributed by atoms with E-state index in [1.165, 1.54) is 52.7 Å². The molecule has 0 spiro atoms. The Hall–Kier alpha value is -2.32. The van der Waals surface area contributed by atoms with Crippen LogP contribution in [-0.4, -0.2) is 29.5 Å². The van der Waals surface area contributed by atoms with Gasteiger partial charge < -0.3 is 4.98 Å². The fourth-order valence-corrected chi connectivity index (χ4v) is 3.93. The van der Waals surface area contributed by atoms with Crippen molar-refractivity contribution >= 4 is 16.5 Å². The monoisotopic (exact) mass is 330 g/mol. The molecular formula is C23H26N2. The summed E-state index contributed by atoms with van der Waals surface area (Å²) in [6.07, 6.45) is 8.00. The second-order valence-corrected chi connectivity index (χ2v) is 7.11. The van der Waals surface area contributed by atoms with Gasteiger partial charge in [0, 0.05) is 30.2 Å². The zero-order valence-electron chi connectivity index (χ0n) is 15.0. The lowest BCUT2D eigenvalue weighted by molar-refractivity contribution is 0.298. The van der Waals surface area contributed by atoms with E-state index in [9.17, 15) is 0 Å². The summed E-state index contributed by atoms with van der Waals surface area (Å²) < 4.78 is 0. The number of hydrogen-bond donors (Lipinski definition) is 1. The van der Waals surface area contributed by atoms with Crippen LogP contribution in [0.3, 0.4) is 0 Å². The molecule has 0 unspecified atom stereocenters. The largest absolute Gasteiger partial charge is 0.361 e. The summed E-state index contributed by atoms with van der Waals surface area (Å²) in [7, 11) is 0. The molecule has 0 aliphatic carbocycles. The van der Waals surface area contributed by atoms with Crippen molar-refractivity contribution in [3.63, 3.8) is 0 Å². The van der Waals surface area contributed by atoms with E-state index in [1.807, 2.05) is 6.20 Å². The number of H-pyrrole nitrogens is 1. The lowest BCUT2D eigenvalue weighted by atomic mass is 9.99. The molecular weight excluding hydrogens is 304 g/mol. The third kappa shape index (κ3) is 3.69. The standard InChI is InChI=1S/C23H26N2/c1-18-16-21(22-9-12-24-23(22)17-18)8-5-13-25-14-10-20(11-15-25)19-6-3-2-4-7-19/h2-4,6-7,9-10,12,16-17,24H,5,8,11,13-15H2,1H3. The zero-order chi connectivity index (χ0) is 17.1. The molecule has 3 aromatic rings. The Morgan fingerprint density at radius 3 is 2.76 bits per heavy atom. The van der Waals surface area contributed by atoms with Gasteiger partial charge in [-0.25, -0.2) is 0 Å². The van der Waals surface area contributed by atoms with Gasteiger partial charge in [0.15, 0.2) is 0 Å². The molecule has 0 saturated heterocycles. The van der Waals surface area contributed by atoms with Crippen molar-refractivity contribution in [3.05, 3.63) is 77.5 Å². The highest BCUT2D eigenvalue weighted by Gasteiger charge is 2.12. The Morgan fingerprint density at radius 2 is 1.96 bits per heavy atom. The van der Waals surface area contributed by atoms with Crippen LogP contribution in [0, 0.1) is 6.92 Å². The molecule has 1 aliphatic rings. The molecule has 2 heteroatoms. The van der Waals surface area contributed by atoms with E-state index in [2.05, 4.69) is 71.4 Å². The van der Waals surface area contributed by atoms with Gasteiger partial charge in [0.05, 0.1) is 0 Å². The first-order chi connectivity index (χ1) is 12.3. The van der Waals surface area contributed by atoms with Crippen LogP contribution in [-0.2, 0) is 6.42 Å². The smallest absolute Gasteiger partial charge is 0.0459 e. The average molecular weight is 330 g/mol. The van der Waals surface area contributed by atoms with Crippen molar-refractivity contribution in [3.8, 4) is 0 Å². The summed E-state index contributed by atoms with van der Waals surface area (Å²) in [4.78, 5) is 5.92. The predicted molar refractivity (Wildman–Crippen MR) is 107 cm³/mol. The quantitative estimate of drug-likeness (QED) is 0.681. The predicted octanol–water partition coefficient (Wildman–Crippen LogP) is 5.20. The maximum atomic E-state index is 3.34. The van der Waals surface area contributed by atoms with Gasteiger partial charge in [-0.1, -0.05) is 42.5 Å². The molecule has 1 N–H and O–H groups in total. The fraction of sp³-hybridized carbons (Fsp3) is 0.304. The highest BCUT2D eigenvalue weighted by atomic mass is 15.1. The van der Waals surface area contributed by atoms with Gasteiger partial charge in [0.2, 0.25) is 0 Å². The van der Waals surface area contributed by atoms with Crippen molar-refractivity contribution in [2.45, 2.75) is 26.2 Å². The van der Waals surface area contributed by atoms with E-state index in [0.29, 0.717) is 0 Å². The molecule has 1 aromatic heterocycles. The second-order valence-electron chi connectivity index (χ2n) is 7.11. The summed E-state index contributed by atoms with van der Waals surface area (Å²) in [5, 5.41) is 1.38. The van der Waals surface area contributed by atoms with Crippen LogP contribution >= 0.6 is 0 Å². The van der Waals surface area contributed by atoms with Crippen LogP contribution in [0.1, 0.15) is 29.5 Å². The lowest BCUT2D eigenvalue weighted by Gasteiger charge is -2.26. The molecule has 0 radical (unpaired) electrons. The molecule has 2 aromatic carbocycles. The van der Waals surface area contributed by atoms with Crippen molar-refractivity contribution in [2.24, 2.45) is 0 Å².